The molecule has 2 aromatic rings. The van der Waals surface area contributed by atoms with Crippen LogP contribution in [0.15, 0.2) is 12.1 Å². The molecule has 0 amide bonds. The van der Waals surface area contributed by atoms with Crippen LogP contribution in [0.3, 0.4) is 0 Å². The van der Waals surface area contributed by atoms with Gasteiger partial charge in [-0.2, -0.15) is 5.10 Å². The molecule has 1 fully saturated rings. The Hall–Kier alpha value is -2.77. The number of benzene rings is 1. The zero-order valence-corrected chi connectivity index (χ0v) is 14.2. The topological polar surface area (TPSA) is 93.5 Å². The number of aromatic amines is 1. The highest BCUT2D eigenvalue weighted by atomic mass is 16.6. The number of nitro groups is 1. The molecule has 0 spiro atoms. The summed E-state index contributed by atoms with van der Waals surface area (Å²) in [5.41, 5.74) is 3.51. The number of nitrogens with one attached hydrogen (secondary N) is 1. The summed E-state index contributed by atoms with van der Waals surface area (Å²) < 4.78 is 10.8. The molecule has 2 bridgehead atoms. The van der Waals surface area contributed by atoms with Gasteiger partial charge in [-0.1, -0.05) is 0 Å². The van der Waals surface area contributed by atoms with Crippen molar-refractivity contribution in [3.05, 3.63) is 27.9 Å². The Morgan fingerprint density at radius 2 is 2.16 bits per heavy atom. The third-order valence-corrected chi connectivity index (χ3v) is 5.00. The van der Waals surface area contributed by atoms with E-state index in [-0.39, 0.29) is 11.4 Å². The normalized spacial score (nSPS) is 16.0. The smallest absolute Gasteiger partial charge is 0.315 e. The fraction of sp³-hybridized carbons (Fsp3) is 0.471. The Morgan fingerprint density at radius 1 is 1.40 bits per heavy atom. The van der Waals surface area contributed by atoms with E-state index in [0.29, 0.717) is 23.8 Å². The van der Waals surface area contributed by atoms with Gasteiger partial charge in [0.25, 0.3) is 0 Å². The standard InChI is InChI=1S/C17H20N4O4/c1-3-25-13-9-11(8-12(21(22)23)17(13)24-2)15-16-14(18-19-15)10-4-6-20(16)7-5-10/h8-10H,3-7H2,1-2H3,(H,18,19). The van der Waals surface area contributed by atoms with Gasteiger partial charge in [-0.25, -0.2) is 0 Å². The van der Waals surface area contributed by atoms with Crippen molar-refractivity contribution in [3.8, 4) is 22.8 Å². The Labute approximate surface area is 144 Å². The summed E-state index contributed by atoms with van der Waals surface area (Å²) in [5, 5.41) is 19.1. The van der Waals surface area contributed by atoms with Gasteiger partial charge in [0.15, 0.2) is 5.75 Å². The van der Waals surface area contributed by atoms with Crippen LogP contribution >= 0.6 is 0 Å². The van der Waals surface area contributed by atoms with Crippen molar-refractivity contribution in [1.82, 2.24) is 10.2 Å². The number of hydrogen-bond donors (Lipinski definition) is 1. The van der Waals surface area contributed by atoms with E-state index < -0.39 is 4.92 Å². The van der Waals surface area contributed by atoms with Crippen molar-refractivity contribution in [2.45, 2.75) is 25.7 Å². The zero-order valence-electron chi connectivity index (χ0n) is 14.2. The van der Waals surface area contributed by atoms with Gasteiger partial charge in [0.1, 0.15) is 5.69 Å². The molecule has 5 rings (SSSR count). The molecule has 1 N–H and O–H groups in total. The van der Waals surface area contributed by atoms with E-state index in [2.05, 4.69) is 15.1 Å². The Kier molecular flexibility index (Phi) is 3.74. The van der Waals surface area contributed by atoms with Gasteiger partial charge >= 0.3 is 5.69 Å². The van der Waals surface area contributed by atoms with Crippen LogP contribution in [-0.2, 0) is 0 Å². The summed E-state index contributed by atoms with van der Waals surface area (Å²) in [6.45, 7) is 4.23. The van der Waals surface area contributed by atoms with Gasteiger partial charge in [0.2, 0.25) is 5.75 Å². The summed E-state index contributed by atoms with van der Waals surface area (Å²) in [6.07, 6.45) is 2.25. The lowest BCUT2D eigenvalue weighted by molar-refractivity contribution is -0.385. The lowest BCUT2D eigenvalue weighted by atomic mass is 9.86. The predicted molar refractivity (Wildman–Crippen MR) is 92.6 cm³/mol. The van der Waals surface area contributed by atoms with Crippen LogP contribution < -0.4 is 14.4 Å². The summed E-state index contributed by atoms with van der Waals surface area (Å²) in [6, 6.07) is 3.29. The molecule has 132 valence electrons. The number of hydrogen-bond acceptors (Lipinski definition) is 6. The van der Waals surface area contributed by atoms with E-state index in [0.717, 1.165) is 43.0 Å². The fourth-order valence-electron chi connectivity index (χ4n) is 3.88. The van der Waals surface area contributed by atoms with Gasteiger partial charge in [-0.15, -0.1) is 0 Å². The molecule has 1 aromatic heterocycles. The van der Waals surface area contributed by atoms with E-state index in [1.165, 1.54) is 13.2 Å². The van der Waals surface area contributed by atoms with Crippen LogP contribution in [0.5, 0.6) is 11.5 Å². The molecule has 25 heavy (non-hydrogen) atoms. The van der Waals surface area contributed by atoms with Crippen LogP contribution in [0.2, 0.25) is 0 Å². The van der Waals surface area contributed by atoms with Gasteiger partial charge in [-0.3, -0.25) is 15.2 Å². The predicted octanol–water partition coefficient (Wildman–Crippen LogP) is 3.09. The van der Waals surface area contributed by atoms with Crippen molar-refractivity contribution in [3.63, 3.8) is 0 Å². The molecule has 1 aromatic carbocycles. The molecule has 3 aliphatic heterocycles. The third kappa shape index (κ3) is 2.40. The van der Waals surface area contributed by atoms with Crippen LogP contribution in [0.4, 0.5) is 11.4 Å². The Balaban J connectivity index is 1.88. The first-order valence-electron chi connectivity index (χ1n) is 8.46. The highest BCUT2D eigenvalue weighted by molar-refractivity contribution is 5.82. The summed E-state index contributed by atoms with van der Waals surface area (Å²) in [5.74, 6) is 1.00. The van der Waals surface area contributed by atoms with Crippen LogP contribution in [0.25, 0.3) is 11.3 Å². The van der Waals surface area contributed by atoms with Gasteiger partial charge in [-0.05, 0) is 25.8 Å². The molecule has 4 heterocycles. The highest BCUT2D eigenvalue weighted by Crippen LogP contribution is 2.48. The van der Waals surface area contributed by atoms with Crippen LogP contribution in [0.1, 0.15) is 31.4 Å². The molecule has 0 saturated carbocycles. The number of fused-ring (bicyclic) bond motifs is 2. The second kappa shape index (κ2) is 5.94. The monoisotopic (exact) mass is 344 g/mol. The number of anilines is 1. The molecular weight excluding hydrogens is 324 g/mol. The maximum Gasteiger partial charge on any atom is 0.315 e. The van der Waals surface area contributed by atoms with Gasteiger partial charge in [0, 0.05) is 30.6 Å². The highest BCUT2D eigenvalue weighted by Gasteiger charge is 2.36. The number of aromatic nitrogens is 2. The number of nitrogens with zero attached hydrogens (tertiary/aromatic N) is 3. The molecule has 0 atom stereocenters. The first kappa shape index (κ1) is 15.7. The maximum atomic E-state index is 11.5. The number of nitro benzene ring substituents is 1. The molecule has 8 heteroatoms. The van der Waals surface area contributed by atoms with E-state index in [1.54, 1.807) is 6.07 Å². The molecule has 3 aliphatic rings. The van der Waals surface area contributed by atoms with Gasteiger partial charge < -0.3 is 14.4 Å². The van der Waals surface area contributed by atoms with Crippen molar-refractivity contribution in [2.24, 2.45) is 0 Å². The van der Waals surface area contributed by atoms with E-state index in [4.69, 9.17) is 9.47 Å². The second-order valence-electron chi connectivity index (χ2n) is 6.31. The quantitative estimate of drug-likeness (QED) is 0.662. The van der Waals surface area contributed by atoms with Gasteiger partial charge in [0.05, 0.1) is 30.0 Å². The summed E-state index contributed by atoms with van der Waals surface area (Å²) >= 11 is 0. The Bertz CT molecular complexity index is 824. The third-order valence-electron chi connectivity index (χ3n) is 5.00. The maximum absolute atomic E-state index is 11.5. The largest absolute Gasteiger partial charge is 0.490 e. The number of H-pyrrole nitrogens is 1. The number of rotatable bonds is 5. The van der Waals surface area contributed by atoms with Crippen molar-refractivity contribution >= 4 is 11.4 Å². The number of methoxy groups -OCH3 is 1. The average molecular weight is 344 g/mol. The minimum Gasteiger partial charge on any atom is -0.490 e. The molecule has 0 radical (unpaired) electrons. The lowest BCUT2D eigenvalue weighted by Crippen LogP contribution is -2.38. The van der Waals surface area contributed by atoms with Crippen LogP contribution in [-0.4, -0.2) is 41.9 Å². The first-order valence-corrected chi connectivity index (χ1v) is 8.46. The average Bonchev–Trinajstić information content (AvgIpc) is 3.09. The summed E-state index contributed by atoms with van der Waals surface area (Å²) in [4.78, 5) is 13.4. The van der Waals surface area contributed by atoms with Crippen LogP contribution in [0, 0.1) is 10.1 Å². The first-order chi connectivity index (χ1) is 12.1. The SMILES string of the molecule is CCOc1cc(-c2n[nH]c3c2N2CCC3CC2)cc([N+](=O)[O-])c1OC. The van der Waals surface area contributed by atoms with Crippen molar-refractivity contribution in [2.75, 3.05) is 31.7 Å². The number of piperidine rings is 1. The van der Waals surface area contributed by atoms with E-state index in [1.807, 2.05) is 6.92 Å². The zero-order chi connectivity index (χ0) is 17.6. The summed E-state index contributed by atoms with van der Waals surface area (Å²) in [7, 11) is 1.41. The van der Waals surface area contributed by atoms with Crippen molar-refractivity contribution in [1.29, 1.82) is 0 Å². The minimum atomic E-state index is -0.448. The van der Waals surface area contributed by atoms with E-state index >= 15 is 0 Å². The molecule has 8 nitrogen and oxygen atoms in total. The lowest BCUT2D eigenvalue weighted by Gasteiger charge is -2.40. The molecule has 1 saturated heterocycles. The second-order valence-corrected chi connectivity index (χ2v) is 6.31. The fourth-order valence-corrected chi connectivity index (χ4v) is 3.88. The number of ether oxygens (including phenoxy) is 2. The van der Waals surface area contributed by atoms with E-state index in [9.17, 15) is 10.1 Å². The Morgan fingerprint density at radius 3 is 2.80 bits per heavy atom. The molecule has 0 aliphatic carbocycles. The minimum absolute atomic E-state index is 0.115. The van der Waals surface area contributed by atoms with Crippen molar-refractivity contribution < 1.29 is 14.4 Å². The molecular formula is C17H20N4O4. The molecule has 0 unspecified atom stereocenters.